The number of piperazine rings is 1. The van der Waals surface area contributed by atoms with Crippen LogP contribution in [0.4, 0.5) is 5.82 Å². The second kappa shape index (κ2) is 6.80. The predicted octanol–water partition coefficient (Wildman–Crippen LogP) is 1.51. The van der Waals surface area contributed by atoms with E-state index in [2.05, 4.69) is 15.2 Å². The smallest absolute Gasteiger partial charge is 0.145 e. The normalized spacial score (nSPS) is 21.6. The van der Waals surface area contributed by atoms with Gasteiger partial charge in [0.2, 0.25) is 0 Å². The minimum Gasteiger partial charge on any atom is -0.485 e. The van der Waals surface area contributed by atoms with Crippen LogP contribution in [0.15, 0.2) is 30.5 Å². The summed E-state index contributed by atoms with van der Waals surface area (Å²) in [6.07, 6.45) is 1.36. The summed E-state index contributed by atoms with van der Waals surface area (Å²) in [5.74, 6) is 1.22. The molecule has 1 fully saturated rings. The summed E-state index contributed by atoms with van der Waals surface area (Å²) in [5, 5.41) is 14.7. The number of anilines is 1. The molecule has 2 unspecified atom stereocenters. The van der Waals surface area contributed by atoms with Crippen molar-refractivity contribution in [2.24, 2.45) is 0 Å². The number of benzene rings is 1. The molecule has 0 bridgehead atoms. The summed E-state index contributed by atoms with van der Waals surface area (Å²) >= 11 is 6.31. The number of aliphatic hydroxyl groups excluding tert-OH is 1. The molecule has 132 valence electrons. The van der Waals surface area contributed by atoms with E-state index in [1.165, 1.54) is 0 Å². The number of fused-ring (bicyclic) bond motifs is 1. The summed E-state index contributed by atoms with van der Waals surface area (Å²) in [4.78, 5) is 6.09. The first kappa shape index (κ1) is 16.6. The van der Waals surface area contributed by atoms with Crippen molar-refractivity contribution in [1.82, 2.24) is 15.2 Å². The van der Waals surface area contributed by atoms with Crippen LogP contribution in [0.3, 0.4) is 0 Å². The van der Waals surface area contributed by atoms with Crippen LogP contribution in [-0.2, 0) is 6.42 Å². The van der Waals surface area contributed by atoms with Crippen molar-refractivity contribution < 1.29 is 9.84 Å². The quantitative estimate of drug-likeness (QED) is 0.769. The van der Waals surface area contributed by atoms with E-state index in [9.17, 15) is 5.11 Å². The number of nitrogens with zero attached hydrogens (tertiary/aromatic N) is 2. The highest BCUT2D eigenvalue weighted by Crippen LogP contribution is 2.42. The van der Waals surface area contributed by atoms with Crippen molar-refractivity contribution in [2.75, 3.05) is 31.9 Å². The van der Waals surface area contributed by atoms with Crippen molar-refractivity contribution in [2.45, 2.75) is 18.8 Å². The Balaban J connectivity index is 1.63. The summed E-state index contributed by atoms with van der Waals surface area (Å²) in [5.41, 5.74) is 8.61. The standard InChI is InChI=1S/C18H21ClN4O2/c19-13-7-12-8-15(18(24)23-5-3-21-4-6-23)25-17(12)14(10-13)11-1-2-22-16(20)9-11/h1-2,7,9-10,15,18,21,24H,3-6,8H2,(H2,20,22). The number of pyridine rings is 1. The van der Waals surface area contributed by atoms with Gasteiger partial charge in [-0.3, -0.25) is 4.90 Å². The van der Waals surface area contributed by atoms with E-state index in [0.29, 0.717) is 17.3 Å². The van der Waals surface area contributed by atoms with Gasteiger partial charge in [-0.15, -0.1) is 0 Å². The average molecular weight is 361 g/mol. The van der Waals surface area contributed by atoms with Crippen LogP contribution in [0.25, 0.3) is 11.1 Å². The number of aromatic nitrogens is 1. The third-order valence-corrected chi connectivity index (χ3v) is 4.99. The molecule has 0 radical (unpaired) electrons. The summed E-state index contributed by atoms with van der Waals surface area (Å²) < 4.78 is 6.17. The van der Waals surface area contributed by atoms with Gasteiger partial charge in [0.1, 0.15) is 23.9 Å². The van der Waals surface area contributed by atoms with Gasteiger partial charge in [0, 0.05) is 54.9 Å². The van der Waals surface area contributed by atoms with Gasteiger partial charge >= 0.3 is 0 Å². The number of halogens is 1. The van der Waals surface area contributed by atoms with Gasteiger partial charge in [0.15, 0.2) is 0 Å². The molecule has 2 atom stereocenters. The Hall–Kier alpha value is -1.86. The maximum Gasteiger partial charge on any atom is 0.145 e. The van der Waals surface area contributed by atoms with E-state index < -0.39 is 6.23 Å². The molecule has 7 heteroatoms. The molecule has 4 N–H and O–H groups in total. The van der Waals surface area contributed by atoms with Gasteiger partial charge in [0.25, 0.3) is 0 Å². The molecular weight excluding hydrogens is 340 g/mol. The molecule has 6 nitrogen and oxygen atoms in total. The van der Waals surface area contributed by atoms with E-state index >= 15 is 0 Å². The van der Waals surface area contributed by atoms with E-state index in [-0.39, 0.29) is 6.10 Å². The zero-order valence-corrected chi connectivity index (χ0v) is 14.5. The van der Waals surface area contributed by atoms with Crippen LogP contribution in [0.1, 0.15) is 5.56 Å². The molecule has 0 spiro atoms. The first-order chi connectivity index (χ1) is 12.1. The first-order valence-electron chi connectivity index (χ1n) is 8.45. The number of aliphatic hydroxyl groups is 1. The highest BCUT2D eigenvalue weighted by atomic mass is 35.5. The van der Waals surface area contributed by atoms with E-state index in [1.54, 1.807) is 12.3 Å². The van der Waals surface area contributed by atoms with Crippen LogP contribution >= 0.6 is 11.6 Å². The molecule has 1 saturated heterocycles. The fourth-order valence-corrected chi connectivity index (χ4v) is 3.77. The molecule has 1 aromatic heterocycles. The maximum absolute atomic E-state index is 10.7. The van der Waals surface area contributed by atoms with Crippen LogP contribution in [-0.4, -0.2) is 53.5 Å². The largest absolute Gasteiger partial charge is 0.485 e. The lowest BCUT2D eigenvalue weighted by Crippen LogP contribution is -2.53. The number of hydrogen-bond donors (Lipinski definition) is 3. The van der Waals surface area contributed by atoms with Crippen molar-refractivity contribution >= 4 is 17.4 Å². The van der Waals surface area contributed by atoms with E-state index in [1.807, 2.05) is 18.2 Å². The highest BCUT2D eigenvalue weighted by Gasteiger charge is 2.35. The number of ether oxygens (including phenoxy) is 1. The number of rotatable bonds is 3. The molecule has 0 aliphatic carbocycles. The fraction of sp³-hybridized carbons (Fsp3) is 0.389. The molecular formula is C18H21ClN4O2. The lowest BCUT2D eigenvalue weighted by Gasteiger charge is -2.34. The van der Waals surface area contributed by atoms with Crippen molar-refractivity contribution in [3.8, 4) is 16.9 Å². The minimum absolute atomic E-state index is 0.301. The number of nitrogens with one attached hydrogen (secondary N) is 1. The molecule has 0 saturated carbocycles. The summed E-state index contributed by atoms with van der Waals surface area (Å²) in [6.45, 7) is 3.38. The Morgan fingerprint density at radius 2 is 2.12 bits per heavy atom. The second-order valence-corrected chi connectivity index (χ2v) is 6.91. The molecule has 2 aromatic rings. The van der Waals surface area contributed by atoms with Gasteiger partial charge in [-0.05, 0) is 29.8 Å². The molecule has 2 aliphatic rings. The zero-order valence-electron chi connectivity index (χ0n) is 13.8. The Bertz CT molecular complexity index is 780. The minimum atomic E-state index is -0.636. The summed E-state index contributed by atoms with van der Waals surface area (Å²) in [6, 6.07) is 7.46. The van der Waals surface area contributed by atoms with Gasteiger partial charge in [-0.2, -0.15) is 0 Å². The average Bonchev–Trinajstić information content (AvgIpc) is 3.05. The first-order valence-corrected chi connectivity index (χ1v) is 8.83. The van der Waals surface area contributed by atoms with Crippen LogP contribution in [0, 0.1) is 0 Å². The van der Waals surface area contributed by atoms with Gasteiger partial charge in [-0.25, -0.2) is 4.98 Å². The fourth-order valence-electron chi connectivity index (χ4n) is 3.53. The van der Waals surface area contributed by atoms with Gasteiger partial charge in [-0.1, -0.05) is 11.6 Å². The Morgan fingerprint density at radius 1 is 1.32 bits per heavy atom. The van der Waals surface area contributed by atoms with E-state index in [0.717, 1.165) is 48.6 Å². The molecule has 0 amide bonds. The second-order valence-electron chi connectivity index (χ2n) is 6.47. The van der Waals surface area contributed by atoms with Crippen molar-refractivity contribution in [3.63, 3.8) is 0 Å². The Morgan fingerprint density at radius 3 is 2.88 bits per heavy atom. The Kier molecular flexibility index (Phi) is 4.52. The topological polar surface area (TPSA) is 83.6 Å². The monoisotopic (exact) mass is 360 g/mol. The SMILES string of the molecule is Nc1cc(-c2cc(Cl)cc3c2OC(C(O)N2CCNCC2)C3)ccn1. The lowest BCUT2D eigenvalue weighted by atomic mass is 10.0. The third kappa shape index (κ3) is 3.30. The highest BCUT2D eigenvalue weighted by molar-refractivity contribution is 6.31. The van der Waals surface area contributed by atoms with Crippen LogP contribution < -0.4 is 15.8 Å². The third-order valence-electron chi connectivity index (χ3n) is 4.77. The molecule has 2 aliphatic heterocycles. The van der Waals surface area contributed by atoms with Crippen LogP contribution in [0.5, 0.6) is 5.75 Å². The maximum atomic E-state index is 10.7. The molecule has 4 rings (SSSR count). The van der Waals surface area contributed by atoms with Crippen molar-refractivity contribution in [3.05, 3.63) is 41.0 Å². The summed E-state index contributed by atoms with van der Waals surface area (Å²) in [7, 11) is 0. The Labute approximate surface area is 151 Å². The molecule has 1 aromatic carbocycles. The van der Waals surface area contributed by atoms with Gasteiger partial charge < -0.3 is 20.9 Å². The van der Waals surface area contributed by atoms with E-state index in [4.69, 9.17) is 22.1 Å². The number of hydrogen-bond acceptors (Lipinski definition) is 6. The molecule has 3 heterocycles. The van der Waals surface area contributed by atoms with Gasteiger partial charge in [0.05, 0.1) is 0 Å². The molecule has 25 heavy (non-hydrogen) atoms. The lowest BCUT2D eigenvalue weighted by molar-refractivity contribution is -0.0692. The van der Waals surface area contributed by atoms with Crippen molar-refractivity contribution in [1.29, 1.82) is 0 Å². The zero-order chi connectivity index (χ0) is 17.4. The number of nitrogens with two attached hydrogens (primary N) is 1. The number of nitrogen functional groups attached to an aromatic ring is 1. The van der Waals surface area contributed by atoms with Crippen LogP contribution in [0.2, 0.25) is 5.02 Å². The predicted molar refractivity (Wildman–Crippen MR) is 97.7 cm³/mol.